The van der Waals surface area contributed by atoms with E-state index in [1.54, 1.807) is 0 Å². The lowest BCUT2D eigenvalue weighted by Crippen LogP contribution is -2.08. The molecule has 0 aliphatic heterocycles. The summed E-state index contributed by atoms with van der Waals surface area (Å²) < 4.78 is 5.32. The second-order valence-electron chi connectivity index (χ2n) is 2.82. The first-order chi connectivity index (χ1) is 6.74. The fraction of sp³-hybridized carbons (Fsp3) is 0.500. The molecule has 0 atom stereocenters. The summed E-state index contributed by atoms with van der Waals surface area (Å²) in [6.07, 6.45) is 0. The zero-order chi connectivity index (χ0) is 11.0. The Hall–Kier alpha value is -1.18. The van der Waals surface area contributed by atoms with Crippen LogP contribution in [-0.4, -0.2) is 20.7 Å². The van der Waals surface area contributed by atoms with Gasteiger partial charge in [0.25, 0.3) is 0 Å². The molecule has 0 bridgehead atoms. The Morgan fingerprint density at radius 3 is 1.93 bits per heavy atom. The molecule has 0 aliphatic carbocycles. The zero-order valence-corrected chi connectivity index (χ0v) is 9.87. The van der Waals surface area contributed by atoms with Crippen LogP contribution in [-0.2, 0) is 0 Å². The molecule has 0 unspecified atom stereocenters. The number of rotatable bonds is 3. The first-order valence-corrected chi connectivity index (χ1v) is 5.14. The van der Waals surface area contributed by atoms with Crippen molar-refractivity contribution in [2.75, 3.05) is 25.6 Å². The van der Waals surface area contributed by atoms with Crippen molar-refractivity contribution in [1.29, 1.82) is 0 Å². The Morgan fingerprint density at radius 2 is 1.57 bits per heavy atom. The highest BCUT2D eigenvalue weighted by molar-refractivity contribution is 5.47. The summed E-state index contributed by atoms with van der Waals surface area (Å²) in [4.78, 5) is 2.07. The zero-order valence-electron chi connectivity index (χ0n) is 9.87. The predicted octanol–water partition coefficient (Wildman–Crippen LogP) is 3.18. The van der Waals surface area contributed by atoms with E-state index in [9.17, 15) is 0 Å². The van der Waals surface area contributed by atoms with Gasteiger partial charge in [-0.1, -0.05) is 13.8 Å². The number of anilines is 1. The van der Waals surface area contributed by atoms with Crippen LogP contribution in [0, 0.1) is 0 Å². The molecule has 1 aromatic rings. The average molecular weight is 195 g/mol. The summed E-state index contributed by atoms with van der Waals surface area (Å²) in [7, 11) is 4.05. The minimum absolute atomic E-state index is 0.724. The number of nitrogens with zero attached hydrogens (tertiary/aromatic N) is 1. The molecule has 1 rings (SSSR count). The second kappa shape index (κ2) is 7.25. The third-order valence-electron chi connectivity index (χ3n) is 1.66. The van der Waals surface area contributed by atoms with Crippen molar-refractivity contribution in [3.63, 3.8) is 0 Å². The summed E-state index contributed by atoms with van der Waals surface area (Å²) in [6, 6.07) is 8.06. The maximum Gasteiger partial charge on any atom is 0.119 e. The first-order valence-electron chi connectivity index (χ1n) is 5.14. The van der Waals surface area contributed by atoms with Crippen molar-refractivity contribution in [3.05, 3.63) is 24.3 Å². The fourth-order valence-corrected chi connectivity index (χ4v) is 1.01. The largest absolute Gasteiger partial charge is 0.494 e. The lowest BCUT2D eigenvalue weighted by Gasteiger charge is -2.12. The van der Waals surface area contributed by atoms with E-state index in [1.165, 1.54) is 5.69 Å². The lowest BCUT2D eigenvalue weighted by atomic mass is 10.3. The molecule has 2 nitrogen and oxygen atoms in total. The minimum Gasteiger partial charge on any atom is -0.494 e. The maximum atomic E-state index is 5.32. The molecule has 0 amide bonds. The summed E-state index contributed by atoms with van der Waals surface area (Å²) in [5.74, 6) is 0.933. The summed E-state index contributed by atoms with van der Waals surface area (Å²) in [5, 5.41) is 0. The molecule has 2 heteroatoms. The number of ether oxygens (including phenoxy) is 1. The van der Waals surface area contributed by atoms with E-state index < -0.39 is 0 Å². The Labute approximate surface area is 87.5 Å². The van der Waals surface area contributed by atoms with Gasteiger partial charge < -0.3 is 9.64 Å². The Bertz CT molecular complexity index is 229. The topological polar surface area (TPSA) is 12.5 Å². The van der Waals surface area contributed by atoms with Crippen LogP contribution in [0.4, 0.5) is 5.69 Å². The van der Waals surface area contributed by atoms with E-state index in [0.717, 1.165) is 12.4 Å². The van der Waals surface area contributed by atoms with Crippen molar-refractivity contribution in [2.45, 2.75) is 20.8 Å². The molecular formula is C12H21NO. The highest BCUT2D eigenvalue weighted by Crippen LogP contribution is 2.16. The van der Waals surface area contributed by atoms with E-state index in [1.807, 2.05) is 59.1 Å². The highest BCUT2D eigenvalue weighted by atomic mass is 16.5. The number of hydrogen-bond acceptors (Lipinski definition) is 2. The molecule has 0 spiro atoms. The van der Waals surface area contributed by atoms with Crippen LogP contribution in [0.2, 0.25) is 0 Å². The summed E-state index contributed by atoms with van der Waals surface area (Å²) in [5.41, 5.74) is 1.19. The maximum absolute atomic E-state index is 5.32. The van der Waals surface area contributed by atoms with Gasteiger partial charge in [0.15, 0.2) is 0 Å². The van der Waals surface area contributed by atoms with Gasteiger partial charge in [0.2, 0.25) is 0 Å². The SMILES string of the molecule is CC.CCOc1ccc(N(C)C)cc1. The average Bonchev–Trinajstić information content (AvgIpc) is 2.22. The van der Waals surface area contributed by atoms with Gasteiger partial charge in [0.05, 0.1) is 6.61 Å². The van der Waals surface area contributed by atoms with Crippen molar-refractivity contribution in [3.8, 4) is 5.75 Å². The molecule has 0 fully saturated rings. The molecule has 0 aromatic heterocycles. The van der Waals surface area contributed by atoms with Gasteiger partial charge in [-0.25, -0.2) is 0 Å². The predicted molar refractivity (Wildman–Crippen MR) is 63.3 cm³/mol. The first kappa shape index (κ1) is 12.8. The van der Waals surface area contributed by atoms with Gasteiger partial charge in [0, 0.05) is 19.8 Å². The third kappa shape index (κ3) is 4.17. The van der Waals surface area contributed by atoms with Crippen LogP contribution in [0.3, 0.4) is 0 Å². The minimum atomic E-state index is 0.724. The molecular weight excluding hydrogens is 174 g/mol. The molecule has 0 saturated heterocycles. The van der Waals surface area contributed by atoms with Crippen LogP contribution < -0.4 is 9.64 Å². The number of hydrogen-bond donors (Lipinski definition) is 0. The van der Waals surface area contributed by atoms with Crippen LogP contribution in [0.15, 0.2) is 24.3 Å². The number of benzene rings is 1. The van der Waals surface area contributed by atoms with E-state index in [2.05, 4.69) is 4.90 Å². The van der Waals surface area contributed by atoms with Gasteiger partial charge in [-0.3, -0.25) is 0 Å². The molecule has 80 valence electrons. The van der Waals surface area contributed by atoms with Crippen molar-refractivity contribution in [1.82, 2.24) is 0 Å². The molecule has 14 heavy (non-hydrogen) atoms. The normalized spacial score (nSPS) is 8.64. The third-order valence-corrected chi connectivity index (χ3v) is 1.66. The molecule has 1 aromatic carbocycles. The molecule has 0 heterocycles. The van der Waals surface area contributed by atoms with Gasteiger partial charge in [-0.15, -0.1) is 0 Å². The quantitative estimate of drug-likeness (QED) is 0.734. The van der Waals surface area contributed by atoms with Crippen LogP contribution >= 0.6 is 0 Å². The van der Waals surface area contributed by atoms with Crippen LogP contribution in [0.5, 0.6) is 5.75 Å². The second-order valence-corrected chi connectivity index (χ2v) is 2.82. The van der Waals surface area contributed by atoms with Crippen LogP contribution in [0.1, 0.15) is 20.8 Å². The fourth-order valence-electron chi connectivity index (χ4n) is 1.01. The van der Waals surface area contributed by atoms with E-state index >= 15 is 0 Å². The summed E-state index contributed by atoms with van der Waals surface area (Å²) >= 11 is 0. The molecule has 0 N–H and O–H groups in total. The molecule has 0 saturated carbocycles. The highest BCUT2D eigenvalue weighted by Gasteiger charge is 1.94. The Kier molecular flexibility index (Phi) is 6.63. The standard InChI is InChI=1S/C10H15NO.C2H6/c1-4-12-10-7-5-9(6-8-10)11(2)3;1-2/h5-8H,4H2,1-3H3;1-2H3. The van der Waals surface area contributed by atoms with Crippen molar-refractivity contribution in [2.24, 2.45) is 0 Å². The van der Waals surface area contributed by atoms with Gasteiger partial charge >= 0.3 is 0 Å². The molecule has 0 aliphatic rings. The Morgan fingerprint density at radius 1 is 1.07 bits per heavy atom. The van der Waals surface area contributed by atoms with E-state index in [4.69, 9.17) is 4.74 Å². The van der Waals surface area contributed by atoms with Crippen molar-refractivity contribution < 1.29 is 4.74 Å². The van der Waals surface area contributed by atoms with Gasteiger partial charge in [-0.2, -0.15) is 0 Å². The van der Waals surface area contributed by atoms with E-state index in [0.29, 0.717) is 0 Å². The van der Waals surface area contributed by atoms with Crippen molar-refractivity contribution >= 4 is 5.69 Å². The molecule has 0 radical (unpaired) electrons. The summed E-state index contributed by atoms with van der Waals surface area (Å²) in [6.45, 7) is 6.71. The monoisotopic (exact) mass is 195 g/mol. The van der Waals surface area contributed by atoms with E-state index in [-0.39, 0.29) is 0 Å². The lowest BCUT2D eigenvalue weighted by molar-refractivity contribution is 0.340. The van der Waals surface area contributed by atoms with Gasteiger partial charge in [-0.05, 0) is 31.2 Å². The smallest absolute Gasteiger partial charge is 0.119 e. The van der Waals surface area contributed by atoms with Crippen LogP contribution in [0.25, 0.3) is 0 Å². The van der Waals surface area contributed by atoms with Gasteiger partial charge in [0.1, 0.15) is 5.75 Å². The Balaban J connectivity index is 0.000000791.